The molecular formula is C39H58FN3O8SSi. The van der Waals surface area contributed by atoms with Gasteiger partial charge < -0.3 is 28.6 Å². The third-order valence-corrected chi connectivity index (χ3v) is 15.0. The number of ether oxygens (including phenoxy) is 4. The molecule has 0 bridgehead atoms. The summed E-state index contributed by atoms with van der Waals surface area (Å²) in [4.78, 5) is 59.2. The van der Waals surface area contributed by atoms with Gasteiger partial charge in [-0.05, 0) is 90.5 Å². The van der Waals surface area contributed by atoms with Crippen molar-refractivity contribution in [2.75, 3.05) is 38.8 Å². The van der Waals surface area contributed by atoms with Crippen LogP contribution in [0.2, 0.25) is 18.1 Å². The van der Waals surface area contributed by atoms with Crippen molar-refractivity contribution in [1.29, 1.82) is 0 Å². The Morgan fingerprint density at radius 2 is 1.55 bits per heavy atom. The molecule has 0 aliphatic carbocycles. The van der Waals surface area contributed by atoms with E-state index in [1.165, 1.54) is 40.4 Å². The number of anilines is 1. The van der Waals surface area contributed by atoms with E-state index in [1.807, 2.05) is 0 Å². The molecule has 0 spiro atoms. The van der Waals surface area contributed by atoms with Gasteiger partial charge in [0, 0.05) is 30.5 Å². The second-order valence-corrected chi connectivity index (χ2v) is 22.8. The lowest BCUT2D eigenvalue weighted by Gasteiger charge is -2.35. The zero-order chi connectivity index (χ0) is 40.4. The number of halogens is 1. The van der Waals surface area contributed by atoms with E-state index in [1.54, 1.807) is 54.7 Å². The van der Waals surface area contributed by atoms with Crippen LogP contribution in [0.1, 0.15) is 109 Å². The molecule has 0 radical (unpaired) electrons. The van der Waals surface area contributed by atoms with Gasteiger partial charge in [-0.2, -0.15) is 0 Å². The first-order chi connectivity index (χ1) is 24.4. The molecule has 0 unspecified atom stereocenters. The van der Waals surface area contributed by atoms with Crippen molar-refractivity contribution in [1.82, 2.24) is 9.88 Å². The molecule has 2 rings (SSSR count). The summed E-state index contributed by atoms with van der Waals surface area (Å²) in [6.45, 7) is 21.6. The Morgan fingerprint density at radius 3 is 2.11 bits per heavy atom. The number of rotatable bonds is 14. The highest BCUT2D eigenvalue weighted by atomic mass is 32.1. The Balaban J connectivity index is 2.12. The van der Waals surface area contributed by atoms with Crippen molar-refractivity contribution in [3.8, 4) is 17.6 Å². The minimum Gasteiger partial charge on any atom is -0.491 e. The highest BCUT2D eigenvalue weighted by molar-refractivity contribution is 7.16. The molecule has 14 heteroatoms. The summed E-state index contributed by atoms with van der Waals surface area (Å²) in [5.41, 5.74) is -0.887. The fourth-order valence-corrected chi connectivity index (χ4v) is 7.27. The number of thiazole rings is 1. The summed E-state index contributed by atoms with van der Waals surface area (Å²) in [5.74, 6) is 4.49. The number of carbonyl (C=O) groups is 4. The SMILES string of the molecule is COC(=O)c1nc(N(CCCCC(=O)[Si](C)(C)C(C)(C)C)C(=O)OC(C)(C)C)sc1CCCOc1ccc(C#CCN(C)C(=O)OC(C)(C)C)cc1F. The van der Waals surface area contributed by atoms with E-state index in [4.69, 9.17) is 18.9 Å². The molecule has 0 N–H and O–H groups in total. The van der Waals surface area contributed by atoms with E-state index >= 15 is 0 Å². The van der Waals surface area contributed by atoms with Crippen LogP contribution in [0.5, 0.6) is 5.75 Å². The van der Waals surface area contributed by atoms with Gasteiger partial charge in [-0.25, -0.2) is 23.8 Å². The molecule has 2 amide bonds. The lowest BCUT2D eigenvalue weighted by molar-refractivity contribution is -0.113. The number of esters is 1. The summed E-state index contributed by atoms with van der Waals surface area (Å²) in [6.07, 6.45) is 1.21. The van der Waals surface area contributed by atoms with E-state index in [0.717, 1.165) is 0 Å². The topological polar surface area (TPSA) is 125 Å². The van der Waals surface area contributed by atoms with Crippen LogP contribution >= 0.6 is 11.3 Å². The van der Waals surface area contributed by atoms with Gasteiger partial charge in [0.1, 0.15) is 24.7 Å². The van der Waals surface area contributed by atoms with Gasteiger partial charge >= 0.3 is 18.2 Å². The van der Waals surface area contributed by atoms with Crippen molar-refractivity contribution in [3.63, 3.8) is 0 Å². The average Bonchev–Trinajstić information content (AvgIpc) is 3.44. The Bertz CT molecular complexity index is 1660. The number of carbonyl (C=O) groups excluding carboxylic acids is 4. The van der Waals surface area contributed by atoms with Crippen LogP contribution in [-0.2, 0) is 25.4 Å². The van der Waals surface area contributed by atoms with Crippen LogP contribution in [0.4, 0.5) is 19.1 Å². The Kier molecular flexibility index (Phi) is 16.1. The van der Waals surface area contributed by atoms with Crippen LogP contribution in [0.15, 0.2) is 18.2 Å². The summed E-state index contributed by atoms with van der Waals surface area (Å²) in [6, 6.07) is 4.37. The van der Waals surface area contributed by atoms with Crippen molar-refractivity contribution in [3.05, 3.63) is 40.2 Å². The first-order valence-corrected chi connectivity index (χ1v) is 21.6. The number of amides is 2. The molecule has 0 aliphatic heterocycles. The Hall–Kier alpha value is -3.96. The van der Waals surface area contributed by atoms with Crippen LogP contribution < -0.4 is 9.64 Å². The number of benzene rings is 1. The smallest absolute Gasteiger partial charge is 0.416 e. The zero-order valence-corrected chi connectivity index (χ0v) is 35.6. The van der Waals surface area contributed by atoms with Crippen LogP contribution in [-0.4, -0.2) is 86.6 Å². The molecule has 0 fully saturated rings. The van der Waals surface area contributed by atoms with Crippen molar-refractivity contribution in [2.24, 2.45) is 0 Å². The molecule has 294 valence electrons. The van der Waals surface area contributed by atoms with Gasteiger partial charge in [0.25, 0.3) is 0 Å². The summed E-state index contributed by atoms with van der Waals surface area (Å²) in [5, 5.41) is 0.522. The van der Waals surface area contributed by atoms with Crippen molar-refractivity contribution in [2.45, 2.75) is 124 Å². The molecule has 0 saturated heterocycles. The first-order valence-electron chi connectivity index (χ1n) is 17.8. The van der Waals surface area contributed by atoms with Crippen molar-refractivity contribution >= 4 is 48.1 Å². The maximum atomic E-state index is 14.9. The predicted octanol–water partition coefficient (Wildman–Crippen LogP) is 8.83. The number of nitrogens with zero attached hydrogens (tertiary/aromatic N) is 3. The van der Waals surface area contributed by atoms with E-state index in [0.29, 0.717) is 48.0 Å². The third kappa shape index (κ3) is 14.4. The summed E-state index contributed by atoms with van der Waals surface area (Å²) < 4.78 is 36.5. The highest BCUT2D eigenvalue weighted by Crippen LogP contribution is 2.37. The van der Waals surface area contributed by atoms with Crippen molar-refractivity contribution < 1.29 is 42.5 Å². The molecule has 0 saturated carbocycles. The van der Waals surface area contributed by atoms with Crippen LogP contribution in [0.3, 0.4) is 0 Å². The number of aromatic nitrogens is 1. The molecular weight excluding hydrogens is 718 g/mol. The maximum absolute atomic E-state index is 14.9. The largest absolute Gasteiger partial charge is 0.491 e. The van der Waals surface area contributed by atoms with E-state index in [2.05, 4.69) is 50.7 Å². The number of unbranched alkanes of at least 4 members (excludes halogenated alkanes) is 1. The summed E-state index contributed by atoms with van der Waals surface area (Å²) in [7, 11) is 0.688. The molecule has 11 nitrogen and oxygen atoms in total. The fraction of sp³-hybridized carbons (Fsp3) is 0.615. The number of aryl methyl sites for hydroxylation is 1. The van der Waals surface area contributed by atoms with Gasteiger partial charge in [0.15, 0.2) is 22.4 Å². The van der Waals surface area contributed by atoms with E-state index in [-0.39, 0.29) is 41.3 Å². The molecule has 1 aromatic carbocycles. The second kappa shape index (κ2) is 18.9. The minimum absolute atomic E-state index is 0.0442. The minimum atomic E-state index is -2.14. The molecule has 1 aromatic heterocycles. The predicted molar refractivity (Wildman–Crippen MR) is 209 cm³/mol. The van der Waals surface area contributed by atoms with Gasteiger partial charge in [0.05, 0.1) is 20.3 Å². The quantitative estimate of drug-likeness (QED) is 0.0609. The Morgan fingerprint density at radius 1 is 0.925 bits per heavy atom. The molecule has 2 aromatic rings. The maximum Gasteiger partial charge on any atom is 0.416 e. The standard InChI is InChI=1S/C39H58FN3O8SSi/c1-37(2,3)50-35(46)42(10)23-16-18-27-21-22-29(28(40)26-27)49-25-17-19-30-32(33(45)48-11)41-34(52-30)43(36(47)51-38(4,5)6)24-15-14-20-31(44)53(12,13)39(7,8)9/h21-22,26H,14-15,17,19-20,23-25H2,1-13H3. The molecule has 0 aliphatic rings. The van der Waals surface area contributed by atoms with Gasteiger partial charge in [0.2, 0.25) is 0 Å². The number of hydrogen-bond donors (Lipinski definition) is 0. The molecule has 1 heterocycles. The monoisotopic (exact) mass is 775 g/mol. The molecule has 53 heavy (non-hydrogen) atoms. The lowest BCUT2D eigenvalue weighted by Crippen LogP contribution is -2.46. The first kappa shape index (κ1) is 45.2. The fourth-order valence-electron chi connectivity index (χ4n) is 4.52. The zero-order valence-electron chi connectivity index (χ0n) is 33.8. The highest BCUT2D eigenvalue weighted by Gasteiger charge is 2.41. The van der Waals surface area contributed by atoms with Crippen LogP contribution in [0, 0.1) is 17.7 Å². The van der Waals surface area contributed by atoms with Gasteiger partial charge in [-0.3, -0.25) is 4.90 Å². The van der Waals surface area contributed by atoms with Gasteiger partial charge in [-0.1, -0.05) is 45.7 Å². The number of hydrogen-bond acceptors (Lipinski definition) is 10. The van der Waals surface area contributed by atoms with Gasteiger partial charge in [-0.15, -0.1) is 11.3 Å². The molecule has 0 atom stereocenters. The van der Waals surface area contributed by atoms with E-state index < -0.39 is 43.2 Å². The lowest BCUT2D eigenvalue weighted by atomic mass is 10.2. The number of methoxy groups -OCH3 is 1. The van der Waals surface area contributed by atoms with E-state index in [9.17, 15) is 23.6 Å². The normalized spacial score (nSPS) is 12.0. The third-order valence-electron chi connectivity index (χ3n) is 8.51. The average molecular weight is 776 g/mol. The van der Waals surface area contributed by atoms with Crippen LogP contribution in [0.25, 0.3) is 0 Å². The Labute approximate surface area is 319 Å². The second-order valence-electron chi connectivity index (χ2n) is 16.4. The summed E-state index contributed by atoms with van der Waals surface area (Å²) >= 11 is 1.18.